The van der Waals surface area contributed by atoms with Crippen LogP contribution in [-0.2, 0) is 11.3 Å². The lowest BCUT2D eigenvalue weighted by Gasteiger charge is -2.07. The maximum atomic E-state index is 12.1. The zero-order valence-electron chi connectivity index (χ0n) is 15.0. The fourth-order valence-electron chi connectivity index (χ4n) is 3.04. The summed E-state index contributed by atoms with van der Waals surface area (Å²) < 4.78 is 1.70. The lowest BCUT2D eigenvalue weighted by molar-refractivity contribution is -0.121. The minimum Gasteiger partial charge on any atom is -0.354 e. The first-order valence-electron chi connectivity index (χ1n) is 8.76. The molecule has 2 heterocycles. The van der Waals surface area contributed by atoms with E-state index in [9.17, 15) is 4.79 Å². The molecule has 0 aliphatic heterocycles. The van der Waals surface area contributed by atoms with Crippen molar-refractivity contribution in [2.24, 2.45) is 0 Å². The Labute approximate surface area is 148 Å². The molecule has 0 aliphatic rings. The van der Waals surface area contributed by atoms with Crippen molar-refractivity contribution in [2.75, 3.05) is 6.54 Å². The van der Waals surface area contributed by atoms with Crippen LogP contribution >= 0.6 is 0 Å². The van der Waals surface area contributed by atoms with E-state index in [2.05, 4.69) is 53.5 Å². The van der Waals surface area contributed by atoms with Crippen LogP contribution in [0.15, 0.2) is 36.5 Å². The average Bonchev–Trinajstić information content (AvgIpc) is 2.91. The van der Waals surface area contributed by atoms with Crippen molar-refractivity contribution in [3.05, 3.63) is 47.8 Å². The summed E-state index contributed by atoms with van der Waals surface area (Å²) in [4.78, 5) is 16.6. The predicted octanol–water partition coefficient (Wildman–Crippen LogP) is 3.63. The number of carbonyl (C=O) groups excluding carboxylic acids is 1. The zero-order valence-corrected chi connectivity index (χ0v) is 15.0. The van der Waals surface area contributed by atoms with Crippen molar-refractivity contribution in [1.82, 2.24) is 20.1 Å². The molecule has 0 unspecified atom stereocenters. The summed E-state index contributed by atoms with van der Waals surface area (Å²) in [7, 11) is 0. The fourth-order valence-corrected chi connectivity index (χ4v) is 3.04. The van der Waals surface area contributed by atoms with Gasteiger partial charge in [0.2, 0.25) is 5.91 Å². The molecular weight excluding hydrogens is 312 g/mol. The summed E-state index contributed by atoms with van der Waals surface area (Å²) >= 11 is 0. The molecule has 0 radical (unpaired) electrons. The van der Waals surface area contributed by atoms with Crippen molar-refractivity contribution in [3.8, 4) is 11.1 Å². The van der Waals surface area contributed by atoms with E-state index in [0.717, 1.165) is 40.7 Å². The standard InChI is InChI=1S/C20H24N4O/c1-4-5-10-21-18(25)13-24-20-19(15(3)23-24)17(9-11-22-20)16-8-6-7-14(2)12-16/h6-9,11-12H,4-5,10,13H2,1-3H3,(H,21,25). The molecule has 130 valence electrons. The molecule has 3 aromatic rings. The smallest absolute Gasteiger partial charge is 0.241 e. The Morgan fingerprint density at radius 1 is 1.24 bits per heavy atom. The summed E-state index contributed by atoms with van der Waals surface area (Å²) in [6, 6.07) is 10.4. The second-order valence-corrected chi connectivity index (χ2v) is 6.37. The van der Waals surface area contributed by atoms with E-state index >= 15 is 0 Å². The molecule has 0 fully saturated rings. The minimum absolute atomic E-state index is 0.0272. The Bertz CT molecular complexity index is 898. The van der Waals surface area contributed by atoms with Gasteiger partial charge in [-0.3, -0.25) is 4.79 Å². The van der Waals surface area contributed by atoms with Crippen molar-refractivity contribution in [1.29, 1.82) is 0 Å². The number of pyridine rings is 1. The van der Waals surface area contributed by atoms with E-state index in [4.69, 9.17) is 0 Å². The van der Waals surface area contributed by atoms with Crippen LogP contribution in [0.25, 0.3) is 22.2 Å². The van der Waals surface area contributed by atoms with E-state index in [1.807, 2.05) is 13.0 Å². The quantitative estimate of drug-likeness (QED) is 0.699. The predicted molar refractivity (Wildman–Crippen MR) is 100 cm³/mol. The van der Waals surface area contributed by atoms with Crippen LogP contribution in [0.5, 0.6) is 0 Å². The summed E-state index contributed by atoms with van der Waals surface area (Å²) in [5, 5.41) is 8.50. The van der Waals surface area contributed by atoms with E-state index in [-0.39, 0.29) is 12.5 Å². The second-order valence-electron chi connectivity index (χ2n) is 6.37. The highest BCUT2D eigenvalue weighted by Gasteiger charge is 2.15. The number of nitrogens with one attached hydrogen (secondary N) is 1. The second kappa shape index (κ2) is 7.47. The van der Waals surface area contributed by atoms with Gasteiger partial charge in [-0.2, -0.15) is 5.10 Å². The molecule has 25 heavy (non-hydrogen) atoms. The Morgan fingerprint density at radius 3 is 2.84 bits per heavy atom. The van der Waals surface area contributed by atoms with Gasteiger partial charge in [-0.25, -0.2) is 9.67 Å². The number of nitrogens with zero attached hydrogens (tertiary/aromatic N) is 3. The Morgan fingerprint density at radius 2 is 2.08 bits per heavy atom. The van der Waals surface area contributed by atoms with Crippen LogP contribution in [0.2, 0.25) is 0 Å². The molecule has 1 aromatic carbocycles. The van der Waals surface area contributed by atoms with Gasteiger partial charge in [-0.15, -0.1) is 0 Å². The SMILES string of the molecule is CCCCNC(=O)Cn1nc(C)c2c(-c3cccc(C)c3)ccnc21. The molecule has 0 bridgehead atoms. The van der Waals surface area contributed by atoms with Crippen LogP contribution in [0.4, 0.5) is 0 Å². The van der Waals surface area contributed by atoms with Gasteiger partial charge in [0, 0.05) is 18.1 Å². The van der Waals surface area contributed by atoms with E-state index in [1.54, 1.807) is 10.9 Å². The van der Waals surface area contributed by atoms with Gasteiger partial charge in [-0.1, -0.05) is 43.2 Å². The van der Waals surface area contributed by atoms with Crippen LogP contribution in [0, 0.1) is 13.8 Å². The Kier molecular flexibility index (Phi) is 5.12. The number of benzene rings is 1. The molecule has 0 saturated heterocycles. The number of rotatable bonds is 6. The fraction of sp³-hybridized carbons (Fsp3) is 0.350. The first-order valence-corrected chi connectivity index (χ1v) is 8.76. The third-order valence-corrected chi connectivity index (χ3v) is 4.28. The summed E-state index contributed by atoms with van der Waals surface area (Å²) in [5.74, 6) is -0.0272. The van der Waals surface area contributed by atoms with Crippen molar-refractivity contribution < 1.29 is 4.79 Å². The molecule has 3 rings (SSSR count). The first-order chi connectivity index (χ1) is 12.1. The topological polar surface area (TPSA) is 59.8 Å². The number of aryl methyl sites for hydroxylation is 2. The molecule has 0 atom stereocenters. The minimum atomic E-state index is -0.0272. The summed E-state index contributed by atoms with van der Waals surface area (Å²) in [6.07, 6.45) is 3.83. The number of hydrogen-bond donors (Lipinski definition) is 1. The molecule has 2 aromatic heterocycles. The van der Waals surface area contributed by atoms with E-state index in [0.29, 0.717) is 6.54 Å². The molecule has 5 nitrogen and oxygen atoms in total. The molecule has 0 saturated carbocycles. The molecule has 1 N–H and O–H groups in total. The number of hydrogen-bond acceptors (Lipinski definition) is 3. The van der Waals surface area contributed by atoms with Gasteiger partial charge in [0.25, 0.3) is 0 Å². The highest BCUT2D eigenvalue weighted by atomic mass is 16.2. The Balaban J connectivity index is 1.96. The lowest BCUT2D eigenvalue weighted by atomic mass is 10.0. The Hall–Kier alpha value is -2.69. The van der Waals surface area contributed by atoms with E-state index in [1.165, 1.54) is 5.56 Å². The van der Waals surface area contributed by atoms with Crippen LogP contribution in [-0.4, -0.2) is 27.2 Å². The highest BCUT2D eigenvalue weighted by molar-refractivity contribution is 5.95. The van der Waals surface area contributed by atoms with E-state index < -0.39 is 0 Å². The maximum Gasteiger partial charge on any atom is 0.241 e. The molecule has 0 aliphatic carbocycles. The third kappa shape index (κ3) is 3.71. The van der Waals surface area contributed by atoms with Gasteiger partial charge in [0.1, 0.15) is 6.54 Å². The molecular formula is C20H24N4O. The number of amides is 1. The number of aromatic nitrogens is 3. The highest BCUT2D eigenvalue weighted by Crippen LogP contribution is 2.30. The van der Waals surface area contributed by atoms with Crippen molar-refractivity contribution >= 4 is 16.9 Å². The zero-order chi connectivity index (χ0) is 17.8. The van der Waals surface area contributed by atoms with Crippen LogP contribution in [0.1, 0.15) is 31.0 Å². The van der Waals surface area contributed by atoms with Crippen molar-refractivity contribution in [2.45, 2.75) is 40.2 Å². The van der Waals surface area contributed by atoms with Gasteiger partial charge in [0.15, 0.2) is 5.65 Å². The number of unbranched alkanes of at least 4 members (excludes halogenated alkanes) is 1. The largest absolute Gasteiger partial charge is 0.354 e. The van der Waals surface area contributed by atoms with Gasteiger partial charge < -0.3 is 5.32 Å². The third-order valence-electron chi connectivity index (χ3n) is 4.28. The first kappa shape index (κ1) is 17.1. The van der Waals surface area contributed by atoms with Crippen LogP contribution in [0.3, 0.4) is 0 Å². The number of fused-ring (bicyclic) bond motifs is 1. The molecule has 0 spiro atoms. The van der Waals surface area contributed by atoms with Gasteiger partial charge in [0.05, 0.1) is 5.69 Å². The van der Waals surface area contributed by atoms with Crippen LogP contribution < -0.4 is 5.32 Å². The lowest BCUT2D eigenvalue weighted by Crippen LogP contribution is -2.28. The average molecular weight is 336 g/mol. The number of carbonyl (C=O) groups is 1. The normalized spacial score (nSPS) is 11.0. The van der Waals surface area contributed by atoms with Gasteiger partial charge in [-0.05, 0) is 37.5 Å². The van der Waals surface area contributed by atoms with Gasteiger partial charge >= 0.3 is 0 Å². The monoisotopic (exact) mass is 336 g/mol. The maximum absolute atomic E-state index is 12.1. The summed E-state index contributed by atoms with van der Waals surface area (Å²) in [5.41, 5.74) is 5.09. The molecule has 1 amide bonds. The molecule has 5 heteroatoms. The summed E-state index contributed by atoms with van der Waals surface area (Å²) in [6.45, 7) is 7.05. The van der Waals surface area contributed by atoms with Crippen molar-refractivity contribution in [3.63, 3.8) is 0 Å².